The molecule has 0 bridgehead atoms. The van der Waals surface area contributed by atoms with Gasteiger partial charge >= 0.3 is 0 Å². The van der Waals surface area contributed by atoms with Gasteiger partial charge in [0.15, 0.2) is 11.5 Å². The lowest BCUT2D eigenvalue weighted by molar-refractivity contribution is 0.148. The molecule has 0 spiro atoms. The molecule has 0 aliphatic carbocycles. The van der Waals surface area contributed by atoms with E-state index in [1.54, 1.807) is 18.5 Å². The van der Waals surface area contributed by atoms with Crippen molar-refractivity contribution >= 4 is 10.0 Å². The Balaban J connectivity index is 2.27. The molecule has 0 N–H and O–H groups in total. The molecule has 23 heavy (non-hydrogen) atoms. The maximum Gasteiger partial charge on any atom is 0.214 e. The summed E-state index contributed by atoms with van der Waals surface area (Å²) in [5, 5.41) is 0. The molecule has 0 saturated carbocycles. The Morgan fingerprint density at radius 3 is 2.48 bits per heavy atom. The maximum absolute atomic E-state index is 12.4. The quantitative estimate of drug-likeness (QED) is 0.788. The van der Waals surface area contributed by atoms with Crippen LogP contribution in [0.1, 0.15) is 24.9 Å². The Kier molecular flexibility index (Phi) is 5.89. The van der Waals surface area contributed by atoms with E-state index in [0.29, 0.717) is 37.6 Å². The molecule has 1 saturated heterocycles. The molecular weight excluding hydrogens is 316 g/mol. The van der Waals surface area contributed by atoms with Gasteiger partial charge in [-0.3, -0.25) is 4.90 Å². The fraction of sp³-hybridized carbons (Fsp3) is 0.625. The third kappa shape index (κ3) is 3.97. The van der Waals surface area contributed by atoms with Gasteiger partial charge in [-0.15, -0.1) is 0 Å². The van der Waals surface area contributed by atoms with Crippen LogP contribution in [0.2, 0.25) is 0 Å². The molecule has 0 radical (unpaired) electrons. The topological polar surface area (TPSA) is 59.1 Å². The smallest absolute Gasteiger partial charge is 0.214 e. The van der Waals surface area contributed by atoms with Gasteiger partial charge in [-0.25, -0.2) is 8.42 Å². The fourth-order valence-corrected chi connectivity index (χ4v) is 4.41. The molecule has 2 rings (SSSR count). The third-order valence-electron chi connectivity index (χ3n) is 4.26. The zero-order chi connectivity index (χ0) is 17.0. The molecule has 1 fully saturated rings. The Hall–Kier alpha value is -1.31. The predicted molar refractivity (Wildman–Crippen MR) is 90.6 cm³/mol. The maximum atomic E-state index is 12.4. The summed E-state index contributed by atoms with van der Waals surface area (Å²) in [7, 11) is 2.05. The lowest BCUT2D eigenvalue weighted by Gasteiger charge is -2.39. The first-order valence-corrected chi connectivity index (χ1v) is 9.43. The van der Waals surface area contributed by atoms with Gasteiger partial charge in [-0.1, -0.05) is 13.0 Å². The van der Waals surface area contributed by atoms with Crippen LogP contribution in [0.3, 0.4) is 0 Å². The highest BCUT2D eigenvalue weighted by atomic mass is 32.2. The van der Waals surface area contributed by atoms with Crippen LogP contribution >= 0.6 is 0 Å². The van der Waals surface area contributed by atoms with Crippen LogP contribution in [0.4, 0.5) is 0 Å². The van der Waals surface area contributed by atoms with Crippen LogP contribution in [0, 0.1) is 0 Å². The third-order valence-corrected chi connectivity index (χ3v) is 6.30. The average Bonchev–Trinajstić information content (AvgIpc) is 2.54. The minimum atomic E-state index is -3.18. The van der Waals surface area contributed by atoms with Gasteiger partial charge in [0.1, 0.15) is 0 Å². The van der Waals surface area contributed by atoms with Crippen molar-refractivity contribution in [1.29, 1.82) is 0 Å². The molecule has 130 valence electrons. The summed E-state index contributed by atoms with van der Waals surface area (Å²) in [6.07, 6.45) is 0.635. The minimum absolute atomic E-state index is 0.00943. The average molecular weight is 342 g/mol. The van der Waals surface area contributed by atoms with Crippen molar-refractivity contribution in [3.63, 3.8) is 0 Å². The van der Waals surface area contributed by atoms with Gasteiger partial charge in [0.05, 0.1) is 20.0 Å². The highest BCUT2D eigenvalue weighted by Gasteiger charge is 2.32. The van der Waals surface area contributed by atoms with Gasteiger partial charge in [0.2, 0.25) is 10.0 Å². The first kappa shape index (κ1) is 18.0. The van der Waals surface area contributed by atoms with E-state index in [-0.39, 0.29) is 11.8 Å². The molecule has 1 atom stereocenters. The molecule has 7 heteroatoms. The number of methoxy groups -OCH3 is 2. The standard InChI is InChI=1S/C16H26N2O4S/c1-5-10-23(19,20)18-9-8-17(2)14(12-18)13-6-7-15(21-3)16(11-13)22-4/h6-7,11,14H,5,8-10,12H2,1-4H3. The fourth-order valence-electron chi connectivity index (χ4n) is 2.91. The Morgan fingerprint density at radius 1 is 1.17 bits per heavy atom. The van der Waals surface area contributed by atoms with Crippen molar-refractivity contribution in [1.82, 2.24) is 9.21 Å². The number of sulfonamides is 1. The second kappa shape index (κ2) is 7.51. The zero-order valence-corrected chi connectivity index (χ0v) is 15.1. The highest BCUT2D eigenvalue weighted by Crippen LogP contribution is 2.33. The van der Waals surface area contributed by atoms with E-state index in [9.17, 15) is 8.42 Å². The molecule has 1 aromatic rings. The number of ether oxygens (including phenoxy) is 2. The highest BCUT2D eigenvalue weighted by molar-refractivity contribution is 7.89. The second-order valence-corrected chi connectivity index (χ2v) is 7.87. The van der Waals surface area contributed by atoms with E-state index >= 15 is 0 Å². The Bertz CT molecular complexity index is 633. The van der Waals surface area contributed by atoms with Crippen molar-refractivity contribution in [2.24, 2.45) is 0 Å². The summed E-state index contributed by atoms with van der Waals surface area (Å²) in [5.74, 6) is 1.53. The number of nitrogens with zero attached hydrogens (tertiary/aromatic N) is 2. The van der Waals surface area contributed by atoms with E-state index in [2.05, 4.69) is 4.90 Å². The molecule has 0 amide bonds. The Morgan fingerprint density at radius 2 is 1.87 bits per heavy atom. The van der Waals surface area contributed by atoms with Crippen LogP contribution in [0.25, 0.3) is 0 Å². The predicted octanol–water partition coefficient (Wildman–Crippen LogP) is 1.73. The summed E-state index contributed by atoms with van der Waals surface area (Å²) in [6, 6.07) is 5.77. The van der Waals surface area contributed by atoms with Gasteiger partial charge in [0, 0.05) is 25.7 Å². The van der Waals surface area contributed by atoms with E-state index in [4.69, 9.17) is 9.47 Å². The largest absolute Gasteiger partial charge is 0.493 e. The second-order valence-electron chi connectivity index (χ2n) is 5.78. The molecule has 1 unspecified atom stereocenters. The molecule has 1 aliphatic heterocycles. The molecule has 6 nitrogen and oxygen atoms in total. The van der Waals surface area contributed by atoms with Gasteiger partial charge in [0.25, 0.3) is 0 Å². The number of hydrogen-bond acceptors (Lipinski definition) is 5. The lowest BCUT2D eigenvalue weighted by atomic mass is 10.0. The van der Waals surface area contributed by atoms with Crippen molar-refractivity contribution in [2.75, 3.05) is 46.7 Å². The van der Waals surface area contributed by atoms with E-state index in [0.717, 1.165) is 5.56 Å². The summed E-state index contributed by atoms with van der Waals surface area (Å²) >= 11 is 0. The summed E-state index contributed by atoms with van der Waals surface area (Å²) in [4.78, 5) is 2.18. The van der Waals surface area contributed by atoms with Gasteiger partial charge in [-0.2, -0.15) is 4.31 Å². The van der Waals surface area contributed by atoms with Gasteiger partial charge in [-0.05, 0) is 31.2 Å². The van der Waals surface area contributed by atoms with Crippen molar-refractivity contribution in [2.45, 2.75) is 19.4 Å². The number of rotatable bonds is 6. The van der Waals surface area contributed by atoms with E-state index in [1.165, 1.54) is 0 Å². The van der Waals surface area contributed by atoms with Crippen LogP contribution in [-0.2, 0) is 10.0 Å². The molecular formula is C16H26N2O4S. The molecule has 1 aromatic carbocycles. The van der Waals surface area contributed by atoms with Crippen LogP contribution < -0.4 is 9.47 Å². The van der Waals surface area contributed by atoms with Gasteiger partial charge < -0.3 is 9.47 Å². The number of hydrogen-bond donors (Lipinski definition) is 0. The normalized spacial score (nSPS) is 20.4. The van der Waals surface area contributed by atoms with E-state index in [1.807, 2.05) is 32.2 Å². The summed E-state index contributed by atoms with van der Waals surface area (Å²) in [5.41, 5.74) is 1.03. The first-order chi connectivity index (χ1) is 10.9. The Labute approximate surface area is 139 Å². The number of piperazine rings is 1. The van der Waals surface area contributed by atoms with E-state index < -0.39 is 10.0 Å². The SMILES string of the molecule is CCCS(=O)(=O)N1CCN(C)C(c2ccc(OC)c(OC)c2)C1. The van der Waals surface area contributed by atoms with Crippen molar-refractivity contribution < 1.29 is 17.9 Å². The summed E-state index contributed by atoms with van der Waals surface area (Å²) in [6.45, 7) is 3.61. The number of benzene rings is 1. The van der Waals surface area contributed by atoms with Crippen molar-refractivity contribution in [3.8, 4) is 11.5 Å². The van der Waals surface area contributed by atoms with Crippen LogP contribution in [-0.4, -0.2) is 64.3 Å². The van der Waals surface area contributed by atoms with Crippen molar-refractivity contribution in [3.05, 3.63) is 23.8 Å². The monoisotopic (exact) mass is 342 g/mol. The minimum Gasteiger partial charge on any atom is -0.493 e. The summed E-state index contributed by atoms with van der Waals surface area (Å²) < 4.78 is 36.9. The van der Waals surface area contributed by atoms with Crippen LogP contribution in [0.15, 0.2) is 18.2 Å². The lowest BCUT2D eigenvalue weighted by Crippen LogP contribution is -2.49. The molecule has 1 aliphatic rings. The number of likely N-dealkylation sites (N-methyl/N-ethyl adjacent to an activating group) is 1. The van der Waals surface area contributed by atoms with Crippen LogP contribution in [0.5, 0.6) is 11.5 Å². The first-order valence-electron chi connectivity index (χ1n) is 7.83. The molecule has 1 heterocycles. The zero-order valence-electron chi connectivity index (χ0n) is 14.3. The molecule has 0 aromatic heterocycles.